The first-order valence-corrected chi connectivity index (χ1v) is 7.40. The summed E-state index contributed by atoms with van der Waals surface area (Å²) in [5, 5.41) is 0. The molecule has 1 saturated heterocycles. The van der Waals surface area contributed by atoms with Crippen LogP contribution in [-0.2, 0) is 21.8 Å². The Morgan fingerprint density at radius 2 is 2.05 bits per heavy atom. The Hall–Kier alpha value is -2.37. The highest BCUT2D eigenvalue weighted by molar-refractivity contribution is 5.80. The molecule has 2 bridgehead atoms. The van der Waals surface area contributed by atoms with E-state index in [2.05, 4.69) is 4.57 Å². The van der Waals surface area contributed by atoms with Crippen molar-refractivity contribution < 1.29 is 9.47 Å². The van der Waals surface area contributed by atoms with Crippen molar-refractivity contribution in [2.24, 2.45) is 0 Å². The molecule has 3 aromatic rings. The van der Waals surface area contributed by atoms with E-state index in [1.807, 2.05) is 48.5 Å². The van der Waals surface area contributed by atoms with Crippen LogP contribution in [0.1, 0.15) is 11.4 Å². The molecule has 5 nitrogen and oxygen atoms in total. The van der Waals surface area contributed by atoms with Crippen molar-refractivity contribution in [3.05, 3.63) is 59.9 Å². The van der Waals surface area contributed by atoms with Gasteiger partial charge in [-0.15, -0.1) is 0 Å². The van der Waals surface area contributed by atoms with Gasteiger partial charge in [0.1, 0.15) is 6.10 Å². The van der Waals surface area contributed by atoms with Crippen molar-refractivity contribution in [2.75, 3.05) is 12.3 Å². The molecular formula is C17H15N3O2. The number of ether oxygens (including phenoxy) is 2. The average molecular weight is 293 g/mol. The third-order valence-corrected chi connectivity index (χ3v) is 4.41. The second-order valence-electron chi connectivity index (χ2n) is 5.83. The number of hydrogen-bond donors (Lipinski definition) is 1. The number of hydrogen-bond acceptors (Lipinski definition) is 4. The van der Waals surface area contributed by atoms with Gasteiger partial charge in [0.2, 0.25) is 0 Å². The normalized spacial score (nSPS) is 26.3. The van der Waals surface area contributed by atoms with Crippen LogP contribution in [-0.4, -0.2) is 22.3 Å². The number of benzene rings is 2. The first kappa shape index (κ1) is 12.2. The van der Waals surface area contributed by atoms with Gasteiger partial charge in [-0.05, 0) is 18.2 Å². The maximum atomic E-state index is 6.22. The lowest BCUT2D eigenvalue weighted by atomic mass is 10.0. The zero-order valence-electron chi connectivity index (χ0n) is 11.9. The first-order valence-electron chi connectivity index (χ1n) is 7.40. The van der Waals surface area contributed by atoms with Gasteiger partial charge in [0.25, 0.3) is 5.79 Å². The molecule has 2 atom stereocenters. The minimum absolute atomic E-state index is 0.0441. The number of nitrogens with two attached hydrogens (primary N) is 1. The Morgan fingerprint density at radius 3 is 2.91 bits per heavy atom. The van der Waals surface area contributed by atoms with Gasteiger partial charge in [0.05, 0.1) is 24.2 Å². The molecule has 2 N–H and O–H groups in total. The van der Waals surface area contributed by atoms with Crippen LogP contribution in [0.5, 0.6) is 0 Å². The summed E-state index contributed by atoms with van der Waals surface area (Å²) in [5.41, 5.74) is 9.53. The summed E-state index contributed by atoms with van der Waals surface area (Å²) in [6.07, 6.45) is 0.0441. The second-order valence-corrected chi connectivity index (χ2v) is 5.83. The van der Waals surface area contributed by atoms with Gasteiger partial charge >= 0.3 is 0 Å². The lowest BCUT2D eigenvalue weighted by Crippen LogP contribution is -2.38. The Balaban J connectivity index is 1.81. The van der Waals surface area contributed by atoms with Crippen molar-refractivity contribution in [1.29, 1.82) is 0 Å². The van der Waals surface area contributed by atoms with E-state index in [4.69, 9.17) is 20.2 Å². The highest BCUT2D eigenvalue weighted by atomic mass is 16.7. The van der Waals surface area contributed by atoms with Crippen LogP contribution < -0.4 is 5.73 Å². The molecular weight excluding hydrogens is 278 g/mol. The van der Waals surface area contributed by atoms with E-state index in [9.17, 15) is 0 Å². The molecule has 1 fully saturated rings. The molecule has 3 heterocycles. The maximum absolute atomic E-state index is 6.22. The van der Waals surface area contributed by atoms with E-state index in [0.29, 0.717) is 12.3 Å². The molecule has 0 amide bonds. The SMILES string of the molecule is Nc1ccc2c(c1)nc1n2CC2COC1(c1ccccc1)O2. The highest BCUT2D eigenvalue weighted by Gasteiger charge is 2.52. The lowest BCUT2D eigenvalue weighted by Gasteiger charge is -2.32. The third-order valence-electron chi connectivity index (χ3n) is 4.41. The highest BCUT2D eigenvalue weighted by Crippen LogP contribution is 2.44. The molecule has 2 aliphatic rings. The number of rotatable bonds is 1. The minimum atomic E-state index is -0.905. The fraction of sp³-hybridized carbons (Fsp3) is 0.235. The molecule has 22 heavy (non-hydrogen) atoms. The largest absolute Gasteiger partial charge is 0.399 e. The zero-order chi connectivity index (χ0) is 14.7. The number of fused-ring (bicyclic) bond motifs is 6. The van der Waals surface area contributed by atoms with E-state index >= 15 is 0 Å². The number of nitrogen functional groups attached to an aromatic ring is 1. The van der Waals surface area contributed by atoms with Gasteiger partial charge in [-0.2, -0.15) is 0 Å². The van der Waals surface area contributed by atoms with E-state index in [-0.39, 0.29) is 6.10 Å². The van der Waals surface area contributed by atoms with Crippen LogP contribution >= 0.6 is 0 Å². The summed E-state index contributed by atoms with van der Waals surface area (Å²) < 4.78 is 14.5. The van der Waals surface area contributed by atoms with E-state index in [1.54, 1.807) is 0 Å². The van der Waals surface area contributed by atoms with Crippen molar-refractivity contribution in [1.82, 2.24) is 9.55 Å². The molecule has 5 heteroatoms. The molecule has 2 aromatic carbocycles. The summed E-state index contributed by atoms with van der Waals surface area (Å²) in [4.78, 5) is 4.77. The van der Waals surface area contributed by atoms with Gasteiger partial charge in [-0.3, -0.25) is 0 Å². The van der Waals surface area contributed by atoms with Crippen LogP contribution in [0.3, 0.4) is 0 Å². The van der Waals surface area contributed by atoms with Crippen LogP contribution in [0.4, 0.5) is 5.69 Å². The monoisotopic (exact) mass is 293 g/mol. The number of aromatic nitrogens is 2. The summed E-state index contributed by atoms with van der Waals surface area (Å²) in [5.74, 6) is -0.106. The Bertz CT molecular complexity index is 874. The molecule has 0 saturated carbocycles. The fourth-order valence-corrected chi connectivity index (χ4v) is 3.44. The van der Waals surface area contributed by atoms with Gasteiger partial charge in [-0.1, -0.05) is 30.3 Å². The summed E-state index contributed by atoms with van der Waals surface area (Å²) in [7, 11) is 0. The quantitative estimate of drug-likeness (QED) is 0.699. The second kappa shape index (κ2) is 4.09. The van der Waals surface area contributed by atoms with Crippen molar-refractivity contribution in [2.45, 2.75) is 18.4 Å². The van der Waals surface area contributed by atoms with Crippen molar-refractivity contribution in [3.63, 3.8) is 0 Å². The molecule has 0 aliphatic carbocycles. The van der Waals surface area contributed by atoms with Gasteiger partial charge in [0, 0.05) is 11.3 Å². The summed E-state index contributed by atoms with van der Waals surface area (Å²) in [6, 6.07) is 15.8. The average Bonchev–Trinajstić information content (AvgIpc) is 3.09. The fourth-order valence-electron chi connectivity index (χ4n) is 3.44. The molecule has 1 aromatic heterocycles. The standard InChI is InChI=1S/C17H15N3O2/c18-12-6-7-15-14(8-12)19-16-17(11-4-2-1-3-5-11)21-10-13(22-17)9-20(15)16/h1-8,13H,9-10,18H2. The zero-order valence-corrected chi connectivity index (χ0v) is 11.9. The Kier molecular flexibility index (Phi) is 2.27. The number of anilines is 1. The summed E-state index contributed by atoms with van der Waals surface area (Å²) in [6.45, 7) is 1.33. The van der Waals surface area contributed by atoms with Crippen LogP contribution in [0, 0.1) is 0 Å². The van der Waals surface area contributed by atoms with Crippen LogP contribution in [0.25, 0.3) is 11.0 Å². The van der Waals surface area contributed by atoms with Crippen molar-refractivity contribution in [3.8, 4) is 0 Å². The predicted octanol–water partition coefficient (Wildman–Crippen LogP) is 2.25. The topological polar surface area (TPSA) is 62.3 Å². The first-order chi connectivity index (χ1) is 10.8. The molecule has 0 spiro atoms. The Labute approximate surface area is 127 Å². The van der Waals surface area contributed by atoms with E-state index in [0.717, 1.165) is 29.0 Å². The maximum Gasteiger partial charge on any atom is 0.256 e. The van der Waals surface area contributed by atoms with Crippen LogP contribution in [0.2, 0.25) is 0 Å². The van der Waals surface area contributed by atoms with Gasteiger partial charge in [-0.25, -0.2) is 4.98 Å². The Morgan fingerprint density at radius 1 is 1.18 bits per heavy atom. The molecule has 2 unspecified atom stereocenters. The predicted molar refractivity (Wildman–Crippen MR) is 82.2 cm³/mol. The minimum Gasteiger partial charge on any atom is -0.399 e. The summed E-state index contributed by atoms with van der Waals surface area (Å²) >= 11 is 0. The third kappa shape index (κ3) is 1.47. The molecule has 0 radical (unpaired) electrons. The lowest BCUT2D eigenvalue weighted by molar-refractivity contribution is -0.162. The molecule has 2 aliphatic heterocycles. The smallest absolute Gasteiger partial charge is 0.256 e. The van der Waals surface area contributed by atoms with E-state index in [1.165, 1.54) is 0 Å². The molecule has 5 rings (SSSR count). The van der Waals surface area contributed by atoms with Crippen molar-refractivity contribution >= 4 is 16.7 Å². The molecule has 110 valence electrons. The van der Waals surface area contributed by atoms with E-state index < -0.39 is 5.79 Å². The number of nitrogens with zero attached hydrogens (tertiary/aromatic N) is 2. The number of imidazole rings is 1. The van der Waals surface area contributed by atoms with Gasteiger partial charge in [0.15, 0.2) is 5.82 Å². The van der Waals surface area contributed by atoms with Gasteiger partial charge < -0.3 is 19.8 Å². The van der Waals surface area contributed by atoms with Crippen LogP contribution in [0.15, 0.2) is 48.5 Å².